The van der Waals surface area contributed by atoms with Crippen molar-refractivity contribution in [1.82, 2.24) is 4.98 Å². The number of nitrogens with one attached hydrogen (secondary N) is 2. The molecule has 2 N–H and O–H groups in total. The zero-order valence-electron chi connectivity index (χ0n) is 16.7. The van der Waals surface area contributed by atoms with Gasteiger partial charge in [0, 0.05) is 0 Å². The van der Waals surface area contributed by atoms with E-state index in [1.54, 1.807) is 25.3 Å². The molecule has 13 heteroatoms. The van der Waals surface area contributed by atoms with Gasteiger partial charge in [-0.25, -0.2) is 21.8 Å². The fraction of sp³-hybridized carbons (Fsp3) is 0.278. The number of sulfonamides is 2. The summed E-state index contributed by atoms with van der Waals surface area (Å²) < 4.78 is 57.0. The summed E-state index contributed by atoms with van der Waals surface area (Å²) in [5, 5.41) is 2.44. The molecule has 0 bridgehead atoms. The quantitative estimate of drug-likeness (QED) is 0.382. The minimum Gasteiger partial charge on any atom is -0.277 e. The zero-order valence-corrected chi connectivity index (χ0v) is 21.5. The number of thiophene rings is 1. The summed E-state index contributed by atoms with van der Waals surface area (Å²) >= 11 is 14.3. The number of hydrogen-bond donors (Lipinski definition) is 2. The molecule has 0 spiro atoms. The average Bonchev–Trinajstić information content (AvgIpc) is 3.26. The Morgan fingerprint density at radius 3 is 2.00 bits per heavy atom. The van der Waals surface area contributed by atoms with Crippen molar-refractivity contribution in [2.24, 2.45) is 0 Å². The maximum atomic E-state index is 13.0. The monoisotopic (exact) mass is 539 g/mol. The summed E-state index contributed by atoms with van der Waals surface area (Å²) in [6.07, 6.45) is 1.38. The van der Waals surface area contributed by atoms with Gasteiger partial charge >= 0.3 is 0 Å². The molecule has 0 fully saturated rings. The van der Waals surface area contributed by atoms with Crippen LogP contribution in [0.15, 0.2) is 32.0 Å². The van der Waals surface area contributed by atoms with Crippen LogP contribution in [0.2, 0.25) is 10.0 Å². The first kappa shape index (κ1) is 24.3. The predicted octanol–water partition coefficient (Wildman–Crippen LogP) is 5.68. The van der Waals surface area contributed by atoms with E-state index < -0.39 is 20.0 Å². The van der Waals surface area contributed by atoms with Crippen molar-refractivity contribution in [3.05, 3.63) is 49.9 Å². The van der Waals surface area contributed by atoms with Crippen molar-refractivity contribution < 1.29 is 16.8 Å². The van der Waals surface area contributed by atoms with Gasteiger partial charge in [0.15, 0.2) is 4.21 Å². The summed E-state index contributed by atoms with van der Waals surface area (Å²) in [7, 11) is -8.01. The number of halogens is 2. The Kier molecular flexibility index (Phi) is 7.24. The summed E-state index contributed by atoms with van der Waals surface area (Å²) in [6.45, 7) is 5.24. The molecule has 0 saturated carbocycles. The van der Waals surface area contributed by atoms with Crippen LogP contribution in [0.25, 0.3) is 0 Å². The highest BCUT2D eigenvalue weighted by atomic mass is 35.5. The van der Waals surface area contributed by atoms with Gasteiger partial charge < -0.3 is 0 Å². The van der Waals surface area contributed by atoms with Gasteiger partial charge in [0.2, 0.25) is 0 Å². The lowest BCUT2D eigenvalue weighted by atomic mass is 10.2. The van der Waals surface area contributed by atoms with Crippen LogP contribution >= 0.6 is 45.9 Å². The molecule has 0 unspecified atom stereocenters. The molecule has 3 aromatic rings. The third kappa shape index (κ3) is 5.35. The Labute approximate surface area is 199 Å². The first-order chi connectivity index (χ1) is 14.4. The largest absolute Gasteiger partial charge is 0.277 e. The number of anilines is 2. The van der Waals surface area contributed by atoms with Crippen molar-refractivity contribution in [3.8, 4) is 0 Å². The minimum atomic E-state index is -4.03. The van der Waals surface area contributed by atoms with E-state index in [4.69, 9.17) is 23.2 Å². The Hall–Kier alpha value is -1.37. The van der Waals surface area contributed by atoms with E-state index in [0.717, 1.165) is 29.1 Å². The number of nitrogens with zero attached hydrogens (tertiary/aromatic N) is 1. The Bertz CT molecular complexity index is 1330. The SMILES string of the molecule is CCCc1ccsc1S(=O)(=O)Nc1cc(Cl)c(Cl)cc1NS(=O)(=O)c1sc(C)nc1C. The molecular formula is C18H19Cl2N3O4S4. The van der Waals surface area contributed by atoms with Crippen LogP contribution in [0, 0.1) is 13.8 Å². The molecule has 0 aliphatic rings. The third-order valence-electron chi connectivity index (χ3n) is 4.12. The Morgan fingerprint density at radius 2 is 1.52 bits per heavy atom. The lowest BCUT2D eigenvalue weighted by Crippen LogP contribution is -2.18. The molecule has 7 nitrogen and oxygen atoms in total. The highest BCUT2D eigenvalue weighted by Crippen LogP contribution is 2.37. The van der Waals surface area contributed by atoms with E-state index in [1.165, 1.54) is 12.1 Å². The number of hydrogen-bond acceptors (Lipinski definition) is 7. The van der Waals surface area contributed by atoms with E-state index in [-0.39, 0.29) is 29.8 Å². The molecule has 0 aliphatic carbocycles. The Balaban J connectivity index is 2.03. The summed E-state index contributed by atoms with van der Waals surface area (Å²) in [5.74, 6) is 0. The first-order valence-corrected chi connectivity index (χ1v) is 14.4. The molecule has 0 amide bonds. The number of aryl methyl sites for hydroxylation is 3. The lowest BCUT2D eigenvalue weighted by Gasteiger charge is -2.15. The standard InChI is InChI=1S/C18H19Cl2N3O4S4/c1-4-5-12-6-7-28-18(12)31(26,27)23-16-9-14(20)13(19)8-15(16)22-30(24,25)17-10(2)21-11(3)29-17/h6-9,22-23H,4-5H2,1-3H3. The molecule has 31 heavy (non-hydrogen) atoms. The van der Waals surface area contributed by atoms with E-state index in [1.807, 2.05) is 6.92 Å². The van der Waals surface area contributed by atoms with Crippen LogP contribution in [0.3, 0.4) is 0 Å². The lowest BCUT2D eigenvalue weighted by molar-refractivity contribution is 0.600. The van der Waals surface area contributed by atoms with E-state index in [0.29, 0.717) is 22.7 Å². The average molecular weight is 541 g/mol. The second-order valence-corrected chi connectivity index (χ2v) is 13.3. The smallest absolute Gasteiger partial charge is 0.273 e. The van der Waals surface area contributed by atoms with E-state index in [9.17, 15) is 16.8 Å². The topological polar surface area (TPSA) is 105 Å². The van der Waals surface area contributed by atoms with Crippen LogP contribution < -0.4 is 9.44 Å². The number of aromatic nitrogens is 1. The number of thiazole rings is 1. The molecule has 0 radical (unpaired) electrons. The summed E-state index contributed by atoms with van der Waals surface area (Å²) in [5.41, 5.74) is 0.961. The highest BCUT2D eigenvalue weighted by molar-refractivity contribution is 7.95. The maximum Gasteiger partial charge on any atom is 0.273 e. The summed E-state index contributed by atoms with van der Waals surface area (Å²) in [6, 6.07) is 4.30. The second-order valence-electron chi connectivity index (χ2n) is 6.61. The van der Waals surface area contributed by atoms with Crippen LogP contribution in [0.5, 0.6) is 0 Å². The van der Waals surface area contributed by atoms with Crippen LogP contribution in [-0.4, -0.2) is 21.8 Å². The van der Waals surface area contributed by atoms with Crippen LogP contribution in [-0.2, 0) is 26.5 Å². The fourth-order valence-electron chi connectivity index (χ4n) is 2.87. The fourth-order valence-corrected chi connectivity index (χ4v) is 8.30. The van der Waals surface area contributed by atoms with Gasteiger partial charge in [-0.15, -0.1) is 22.7 Å². The molecule has 2 heterocycles. The molecule has 0 saturated heterocycles. The van der Waals surface area contributed by atoms with Crippen LogP contribution in [0.4, 0.5) is 11.4 Å². The van der Waals surface area contributed by atoms with Gasteiger partial charge in [-0.3, -0.25) is 9.44 Å². The molecule has 0 aliphatic heterocycles. The maximum absolute atomic E-state index is 13.0. The van der Waals surface area contributed by atoms with Gasteiger partial charge in [0.25, 0.3) is 20.0 Å². The summed E-state index contributed by atoms with van der Waals surface area (Å²) in [4.78, 5) is 4.14. The zero-order chi connectivity index (χ0) is 23.0. The molecule has 2 aromatic heterocycles. The van der Waals surface area contributed by atoms with Gasteiger partial charge in [-0.1, -0.05) is 36.5 Å². The predicted molar refractivity (Wildman–Crippen MR) is 128 cm³/mol. The number of benzene rings is 1. The van der Waals surface area contributed by atoms with Crippen molar-refractivity contribution >= 4 is 77.3 Å². The molecule has 3 rings (SSSR count). The highest BCUT2D eigenvalue weighted by Gasteiger charge is 2.26. The second kappa shape index (κ2) is 9.24. The normalized spacial score (nSPS) is 12.2. The molecular weight excluding hydrogens is 521 g/mol. The molecule has 168 valence electrons. The Morgan fingerprint density at radius 1 is 0.968 bits per heavy atom. The number of rotatable bonds is 8. The van der Waals surface area contributed by atoms with Gasteiger partial charge in [0.1, 0.15) is 4.21 Å². The molecule has 1 aromatic carbocycles. The molecule has 0 atom stereocenters. The van der Waals surface area contributed by atoms with Gasteiger partial charge in [-0.2, -0.15) is 0 Å². The van der Waals surface area contributed by atoms with Crippen molar-refractivity contribution in [2.75, 3.05) is 9.44 Å². The third-order valence-corrected chi connectivity index (χ3v) is 10.8. The minimum absolute atomic E-state index is 0.0345. The van der Waals surface area contributed by atoms with Gasteiger partial charge in [-0.05, 0) is 49.4 Å². The van der Waals surface area contributed by atoms with E-state index >= 15 is 0 Å². The van der Waals surface area contributed by atoms with Crippen molar-refractivity contribution in [1.29, 1.82) is 0 Å². The first-order valence-electron chi connectivity index (χ1n) is 8.99. The van der Waals surface area contributed by atoms with Crippen LogP contribution in [0.1, 0.15) is 29.6 Å². The van der Waals surface area contributed by atoms with Crippen molar-refractivity contribution in [2.45, 2.75) is 42.0 Å². The van der Waals surface area contributed by atoms with Gasteiger partial charge in [0.05, 0.1) is 32.1 Å². The van der Waals surface area contributed by atoms with E-state index in [2.05, 4.69) is 14.4 Å². The van der Waals surface area contributed by atoms with Crippen molar-refractivity contribution in [3.63, 3.8) is 0 Å².